The Hall–Kier alpha value is 0.657. The third-order valence-corrected chi connectivity index (χ3v) is 19.2. The smallest absolute Gasteiger partial charge is 0.192 e. The highest BCUT2D eigenvalue weighted by Crippen LogP contribution is 2.45. The molecule has 1 aromatic carbocycles. The van der Waals surface area contributed by atoms with Crippen molar-refractivity contribution in [1.29, 1.82) is 0 Å². The number of alkyl halides is 2. The van der Waals surface area contributed by atoms with Crippen molar-refractivity contribution < 1.29 is 28.1 Å². The van der Waals surface area contributed by atoms with Gasteiger partial charge in [0, 0.05) is 11.8 Å². The summed E-state index contributed by atoms with van der Waals surface area (Å²) in [7, 11) is -1.88. The van der Waals surface area contributed by atoms with Gasteiger partial charge < -0.3 is 28.1 Å². The van der Waals surface area contributed by atoms with Crippen molar-refractivity contribution in [3.63, 3.8) is 0 Å². The first-order chi connectivity index (χ1) is 22.7. The van der Waals surface area contributed by atoms with E-state index in [0.29, 0.717) is 10.5 Å². The minimum Gasteiger partial charge on any atom is -0.413 e. The van der Waals surface area contributed by atoms with Gasteiger partial charge in [-0.25, -0.2) is 0 Å². The molecule has 3 aliphatic heterocycles. The fraction of sp³-hybridized carbons (Fsp3) is 0.846. The van der Waals surface area contributed by atoms with Crippen LogP contribution in [0.3, 0.4) is 0 Å². The standard InChI is InChI=1S/C39H66I2O6Si/c1-11-18-31(42-25-28-19-16-15-17-20-28)34(40)32-23-21-29(43-32)26(5)36(46-48(12-2,13-3)14-4)27(6)30-22-24-33(44-30)35(41)37-38(7,8)47-39(9,10)45-37/h15-17,19-20,26-27,29-37H,11-14,18,21-25H2,1-10H3/t26-,27-,29-,30+,31+,32+,33-,34-,35-,36+,37?/m1/s1. The third kappa shape index (κ3) is 10.2. The van der Waals surface area contributed by atoms with Crippen molar-refractivity contribution in [3.8, 4) is 0 Å². The molecule has 6 nitrogen and oxygen atoms in total. The van der Waals surface area contributed by atoms with Crippen LogP contribution in [-0.2, 0) is 34.7 Å². The van der Waals surface area contributed by atoms with Crippen molar-refractivity contribution in [1.82, 2.24) is 0 Å². The molecule has 11 atom stereocenters. The van der Waals surface area contributed by atoms with Crippen LogP contribution in [0.4, 0.5) is 0 Å². The van der Waals surface area contributed by atoms with Gasteiger partial charge in [0.25, 0.3) is 0 Å². The van der Waals surface area contributed by atoms with Gasteiger partial charge in [-0.15, -0.1) is 0 Å². The zero-order chi connectivity index (χ0) is 35.3. The first-order valence-electron chi connectivity index (χ1n) is 19.0. The van der Waals surface area contributed by atoms with Gasteiger partial charge in [-0.05, 0) is 83.5 Å². The lowest BCUT2D eigenvalue weighted by Crippen LogP contribution is -2.49. The maximum atomic E-state index is 7.47. The van der Waals surface area contributed by atoms with E-state index in [1.165, 1.54) is 5.56 Å². The topological polar surface area (TPSA) is 55.4 Å². The lowest BCUT2D eigenvalue weighted by molar-refractivity contribution is -0.158. The van der Waals surface area contributed by atoms with Gasteiger partial charge in [0.15, 0.2) is 14.1 Å². The molecule has 3 fully saturated rings. The molecule has 0 bridgehead atoms. The Morgan fingerprint density at radius 3 is 1.88 bits per heavy atom. The summed E-state index contributed by atoms with van der Waals surface area (Å²) >= 11 is 5.19. The van der Waals surface area contributed by atoms with Crippen molar-refractivity contribution in [2.24, 2.45) is 11.8 Å². The summed E-state index contributed by atoms with van der Waals surface area (Å²) < 4.78 is 41.3. The normalized spacial score (nSPS) is 31.0. The average Bonchev–Trinajstić information content (AvgIpc) is 3.81. The lowest BCUT2D eigenvalue weighted by Gasteiger charge is -2.42. The molecule has 1 aromatic rings. The first kappa shape index (κ1) is 41.4. The number of ether oxygens (including phenoxy) is 5. The number of halogens is 2. The monoisotopic (exact) mass is 912 g/mol. The molecule has 276 valence electrons. The summed E-state index contributed by atoms with van der Waals surface area (Å²) in [6, 6.07) is 14.0. The third-order valence-electron chi connectivity index (χ3n) is 11.5. The van der Waals surface area contributed by atoms with Gasteiger partial charge in [0.05, 0.1) is 56.7 Å². The number of hydrogen-bond donors (Lipinski definition) is 0. The number of hydrogen-bond acceptors (Lipinski definition) is 6. The predicted molar refractivity (Wildman–Crippen MR) is 216 cm³/mol. The molecule has 0 amide bonds. The molecule has 3 aliphatic rings. The number of benzene rings is 1. The van der Waals surface area contributed by atoms with Crippen LogP contribution in [0.25, 0.3) is 0 Å². The highest BCUT2D eigenvalue weighted by Gasteiger charge is 2.53. The maximum Gasteiger partial charge on any atom is 0.192 e. The second-order valence-corrected chi connectivity index (χ2v) is 23.4. The molecule has 1 unspecified atom stereocenters. The Kier molecular flexibility index (Phi) is 15.6. The van der Waals surface area contributed by atoms with Crippen molar-refractivity contribution in [3.05, 3.63) is 35.9 Å². The first-order valence-corrected chi connectivity index (χ1v) is 24.0. The van der Waals surface area contributed by atoms with Gasteiger partial charge in [-0.3, -0.25) is 0 Å². The molecule has 0 N–H and O–H groups in total. The minimum atomic E-state index is -1.88. The van der Waals surface area contributed by atoms with Crippen molar-refractivity contribution in [2.45, 2.75) is 194 Å². The quantitative estimate of drug-likeness (QED) is 0.0831. The second kappa shape index (κ2) is 18.1. The molecule has 48 heavy (non-hydrogen) atoms. The fourth-order valence-corrected chi connectivity index (χ4v) is 14.1. The Bertz CT molecular complexity index is 1090. The van der Waals surface area contributed by atoms with Crippen molar-refractivity contribution in [2.75, 3.05) is 0 Å². The Morgan fingerprint density at radius 2 is 1.35 bits per heavy atom. The van der Waals surface area contributed by atoms with Crippen LogP contribution in [0, 0.1) is 11.8 Å². The summed E-state index contributed by atoms with van der Waals surface area (Å²) in [6.45, 7) is 23.1. The molecule has 0 spiro atoms. The predicted octanol–water partition coefficient (Wildman–Crippen LogP) is 10.7. The van der Waals surface area contributed by atoms with E-state index in [9.17, 15) is 0 Å². The summed E-state index contributed by atoms with van der Waals surface area (Å²) in [5.41, 5.74) is 0.875. The molecule has 0 aliphatic carbocycles. The largest absolute Gasteiger partial charge is 0.413 e. The molecule has 3 saturated heterocycles. The van der Waals surface area contributed by atoms with E-state index in [2.05, 4.69) is 131 Å². The maximum absolute atomic E-state index is 7.47. The summed E-state index contributed by atoms with van der Waals surface area (Å²) in [5, 5.41) is 0. The summed E-state index contributed by atoms with van der Waals surface area (Å²) in [5.74, 6) is -0.0217. The molecular formula is C39H66I2O6Si. The molecule has 0 radical (unpaired) electrons. The summed E-state index contributed by atoms with van der Waals surface area (Å²) in [6.07, 6.45) is 7.32. The Labute approximate surface area is 321 Å². The van der Waals surface area contributed by atoms with E-state index >= 15 is 0 Å². The van der Waals surface area contributed by atoms with Gasteiger partial charge >= 0.3 is 0 Å². The fourth-order valence-electron chi connectivity index (χ4n) is 8.47. The van der Waals surface area contributed by atoms with Crippen molar-refractivity contribution >= 4 is 53.5 Å². The SMILES string of the molecule is CCC[C@H](OCc1ccccc1)[C@@H](I)[C@@H]1CC[C@H]([C@@H](C)[C@H](O[Si](CC)(CC)CC)[C@H](C)[C@@H]2CC[C@H]([C@@H](I)C3OC(C)(C)OC3(C)C)O2)O1. The zero-order valence-corrected chi connectivity index (χ0v) is 36.8. The highest BCUT2D eigenvalue weighted by molar-refractivity contribution is 14.1. The Morgan fingerprint density at radius 1 is 0.812 bits per heavy atom. The molecule has 0 aromatic heterocycles. The minimum absolute atomic E-state index is 0.0169. The molecule has 0 saturated carbocycles. The van der Waals surface area contributed by atoms with E-state index in [-0.39, 0.29) is 64.1 Å². The van der Waals surface area contributed by atoms with Crippen LogP contribution < -0.4 is 0 Å². The lowest BCUT2D eigenvalue weighted by atomic mass is 9.84. The van der Waals surface area contributed by atoms with Crippen LogP contribution in [0.15, 0.2) is 30.3 Å². The molecular weight excluding hydrogens is 846 g/mol. The van der Waals surface area contributed by atoms with Gasteiger partial charge in [0.1, 0.15) is 6.10 Å². The van der Waals surface area contributed by atoms with Crippen LogP contribution in [0.5, 0.6) is 0 Å². The van der Waals surface area contributed by atoms with E-state index in [0.717, 1.165) is 56.7 Å². The Balaban J connectivity index is 1.45. The van der Waals surface area contributed by atoms with Gasteiger partial charge in [-0.2, -0.15) is 0 Å². The second-order valence-electron chi connectivity index (χ2n) is 15.8. The number of rotatable bonds is 18. The zero-order valence-electron chi connectivity index (χ0n) is 31.5. The van der Waals surface area contributed by atoms with Crippen LogP contribution in [-0.4, -0.2) is 70.3 Å². The molecule has 9 heteroatoms. The van der Waals surface area contributed by atoms with E-state index in [1.807, 2.05) is 13.8 Å². The van der Waals surface area contributed by atoms with E-state index in [1.54, 1.807) is 0 Å². The average molecular weight is 913 g/mol. The van der Waals surface area contributed by atoms with E-state index in [4.69, 9.17) is 28.1 Å². The highest BCUT2D eigenvalue weighted by atomic mass is 127. The van der Waals surface area contributed by atoms with E-state index < -0.39 is 14.1 Å². The van der Waals surface area contributed by atoms with Crippen LogP contribution in [0.2, 0.25) is 18.1 Å². The van der Waals surface area contributed by atoms with Gasteiger partial charge in [0.2, 0.25) is 0 Å². The molecule has 4 rings (SSSR count). The molecule has 3 heterocycles. The summed E-state index contributed by atoms with van der Waals surface area (Å²) in [4.78, 5) is 0. The van der Waals surface area contributed by atoms with Gasteiger partial charge in [-0.1, -0.05) is 123 Å². The van der Waals surface area contributed by atoms with Crippen LogP contribution in [0.1, 0.15) is 113 Å². The van der Waals surface area contributed by atoms with Crippen LogP contribution >= 0.6 is 45.2 Å².